The van der Waals surface area contributed by atoms with Crippen molar-refractivity contribution in [1.29, 1.82) is 0 Å². The Balaban J connectivity index is 0.00000289. The predicted octanol–water partition coefficient (Wildman–Crippen LogP) is 4.33. The van der Waals surface area contributed by atoms with Crippen molar-refractivity contribution in [2.24, 2.45) is 11.7 Å². The smallest absolute Gasteiger partial charge is 0.119 e. The van der Waals surface area contributed by atoms with Crippen LogP contribution in [0.15, 0.2) is 24.3 Å². The molecule has 1 aromatic carbocycles. The Morgan fingerprint density at radius 1 is 1.00 bits per heavy atom. The number of hydrogen-bond acceptors (Lipinski definition) is 2. The third kappa shape index (κ3) is 6.27. The molecule has 0 bridgehead atoms. The third-order valence-electron chi connectivity index (χ3n) is 2.74. The summed E-state index contributed by atoms with van der Waals surface area (Å²) in [6, 6.07) is 8.30. The first-order valence-corrected chi connectivity index (χ1v) is 6.51. The molecule has 0 saturated heterocycles. The summed E-state index contributed by atoms with van der Waals surface area (Å²) >= 11 is 0. The van der Waals surface area contributed by atoms with E-state index in [4.69, 9.17) is 10.5 Å². The molecule has 0 spiro atoms. The van der Waals surface area contributed by atoms with Gasteiger partial charge in [-0.2, -0.15) is 0 Å². The molecule has 104 valence electrons. The summed E-state index contributed by atoms with van der Waals surface area (Å²) in [4.78, 5) is 0. The average Bonchev–Trinajstić information content (AvgIpc) is 2.26. The fourth-order valence-electron chi connectivity index (χ4n) is 1.75. The first-order chi connectivity index (χ1) is 7.99. The molecule has 0 heterocycles. The van der Waals surface area contributed by atoms with Crippen LogP contribution in [0.25, 0.3) is 0 Å². The fourth-order valence-corrected chi connectivity index (χ4v) is 1.75. The van der Waals surface area contributed by atoms with Crippen LogP contribution in [0.1, 0.15) is 52.1 Å². The van der Waals surface area contributed by atoms with E-state index in [1.54, 1.807) is 0 Å². The van der Waals surface area contributed by atoms with Crippen molar-refractivity contribution in [2.45, 2.75) is 52.7 Å². The molecule has 18 heavy (non-hydrogen) atoms. The third-order valence-corrected chi connectivity index (χ3v) is 2.74. The molecule has 2 nitrogen and oxygen atoms in total. The van der Waals surface area contributed by atoms with Gasteiger partial charge in [0.15, 0.2) is 0 Å². The van der Waals surface area contributed by atoms with Gasteiger partial charge in [0, 0.05) is 6.04 Å². The number of rotatable bonds is 6. The van der Waals surface area contributed by atoms with Gasteiger partial charge in [-0.15, -0.1) is 12.4 Å². The highest BCUT2D eigenvalue weighted by Crippen LogP contribution is 2.21. The number of nitrogens with two attached hydrogens (primary N) is 1. The molecule has 0 saturated carbocycles. The SMILES string of the molecule is CC(C)CC[C@@H](N)c1ccc(OC(C)C)cc1.Cl. The van der Waals surface area contributed by atoms with Crippen molar-refractivity contribution in [3.8, 4) is 5.75 Å². The largest absolute Gasteiger partial charge is 0.491 e. The van der Waals surface area contributed by atoms with Crippen molar-refractivity contribution in [2.75, 3.05) is 0 Å². The first kappa shape index (κ1) is 17.3. The second kappa shape index (κ2) is 8.39. The van der Waals surface area contributed by atoms with Crippen LogP contribution in [0.4, 0.5) is 0 Å². The van der Waals surface area contributed by atoms with Crippen molar-refractivity contribution >= 4 is 12.4 Å². The van der Waals surface area contributed by atoms with E-state index in [0.29, 0.717) is 5.92 Å². The fraction of sp³-hybridized carbons (Fsp3) is 0.600. The van der Waals surface area contributed by atoms with Crippen molar-refractivity contribution in [1.82, 2.24) is 0 Å². The molecule has 2 N–H and O–H groups in total. The van der Waals surface area contributed by atoms with E-state index in [2.05, 4.69) is 26.0 Å². The molecule has 0 aromatic heterocycles. The molecular weight excluding hydrogens is 246 g/mol. The van der Waals surface area contributed by atoms with Gasteiger partial charge in [0.1, 0.15) is 5.75 Å². The summed E-state index contributed by atoms with van der Waals surface area (Å²) in [5.74, 6) is 1.63. The summed E-state index contributed by atoms with van der Waals surface area (Å²) in [6.07, 6.45) is 2.43. The van der Waals surface area contributed by atoms with E-state index >= 15 is 0 Å². The Kier molecular flexibility index (Phi) is 8.05. The van der Waals surface area contributed by atoms with Gasteiger partial charge in [-0.05, 0) is 50.3 Å². The van der Waals surface area contributed by atoms with E-state index in [0.717, 1.165) is 12.2 Å². The van der Waals surface area contributed by atoms with E-state index in [-0.39, 0.29) is 24.6 Å². The predicted molar refractivity (Wildman–Crippen MR) is 80.5 cm³/mol. The van der Waals surface area contributed by atoms with Gasteiger partial charge >= 0.3 is 0 Å². The topological polar surface area (TPSA) is 35.2 Å². The van der Waals surface area contributed by atoms with Gasteiger partial charge < -0.3 is 10.5 Å². The second-order valence-corrected chi connectivity index (χ2v) is 5.31. The second-order valence-electron chi connectivity index (χ2n) is 5.31. The van der Waals surface area contributed by atoms with Gasteiger partial charge in [-0.25, -0.2) is 0 Å². The summed E-state index contributed by atoms with van der Waals surface area (Å²) < 4.78 is 5.61. The number of hydrogen-bond donors (Lipinski definition) is 1. The zero-order chi connectivity index (χ0) is 12.8. The van der Waals surface area contributed by atoms with Crippen LogP contribution in [0.3, 0.4) is 0 Å². The van der Waals surface area contributed by atoms with Crippen molar-refractivity contribution in [3.63, 3.8) is 0 Å². The monoisotopic (exact) mass is 271 g/mol. The Morgan fingerprint density at radius 3 is 2.00 bits per heavy atom. The van der Waals surface area contributed by atoms with E-state index < -0.39 is 0 Å². The molecule has 3 heteroatoms. The quantitative estimate of drug-likeness (QED) is 0.836. The molecule has 0 aliphatic heterocycles. The summed E-state index contributed by atoms with van der Waals surface area (Å²) in [7, 11) is 0. The summed E-state index contributed by atoms with van der Waals surface area (Å²) in [5.41, 5.74) is 7.35. The molecule has 1 atom stereocenters. The lowest BCUT2D eigenvalue weighted by molar-refractivity contribution is 0.242. The molecule has 0 radical (unpaired) electrons. The zero-order valence-corrected chi connectivity index (χ0v) is 12.7. The molecule has 0 aliphatic rings. The first-order valence-electron chi connectivity index (χ1n) is 6.51. The molecule has 0 amide bonds. The lowest BCUT2D eigenvalue weighted by Crippen LogP contribution is -2.11. The maximum atomic E-state index is 6.15. The van der Waals surface area contributed by atoms with E-state index in [1.165, 1.54) is 12.0 Å². The van der Waals surface area contributed by atoms with Crippen molar-refractivity contribution < 1.29 is 4.74 Å². The highest BCUT2D eigenvalue weighted by molar-refractivity contribution is 5.85. The van der Waals surface area contributed by atoms with E-state index in [1.807, 2.05) is 26.0 Å². The zero-order valence-electron chi connectivity index (χ0n) is 11.8. The van der Waals surface area contributed by atoms with Crippen LogP contribution in [-0.2, 0) is 0 Å². The van der Waals surface area contributed by atoms with Crippen LogP contribution in [-0.4, -0.2) is 6.10 Å². The highest BCUT2D eigenvalue weighted by Gasteiger charge is 2.07. The number of benzene rings is 1. The van der Waals surface area contributed by atoms with Crippen LogP contribution in [0.2, 0.25) is 0 Å². The minimum absolute atomic E-state index is 0. The van der Waals surface area contributed by atoms with Crippen LogP contribution >= 0.6 is 12.4 Å². The molecule has 1 rings (SSSR count). The lowest BCUT2D eigenvalue weighted by atomic mass is 9.98. The number of ether oxygens (including phenoxy) is 1. The number of halogens is 1. The van der Waals surface area contributed by atoms with Gasteiger partial charge in [0.2, 0.25) is 0 Å². The Bertz CT molecular complexity index is 322. The van der Waals surface area contributed by atoms with Crippen LogP contribution in [0.5, 0.6) is 5.75 Å². The minimum Gasteiger partial charge on any atom is -0.491 e. The molecule has 0 fully saturated rings. The summed E-state index contributed by atoms with van der Waals surface area (Å²) in [6.45, 7) is 8.52. The molecule has 1 aromatic rings. The maximum Gasteiger partial charge on any atom is 0.119 e. The minimum atomic E-state index is 0. The van der Waals surface area contributed by atoms with Gasteiger partial charge in [0.05, 0.1) is 6.10 Å². The standard InChI is InChI=1S/C15H25NO.ClH/c1-11(2)5-10-15(16)13-6-8-14(9-7-13)17-12(3)4;/h6-9,11-12,15H,5,10,16H2,1-4H3;1H/t15-;/m1./s1. The van der Waals surface area contributed by atoms with E-state index in [9.17, 15) is 0 Å². The summed E-state index contributed by atoms with van der Waals surface area (Å²) in [5, 5.41) is 0. The molecule has 0 aliphatic carbocycles. The molecule has 0 unspecified atom stereocenters. The maximum absolute atomic E-state index is 6.15. The van der Waals surface area contributed by atoms with Crippen LogP contribution < -0.4 is 10.5 Å². The Morgan fingerprint density at radius 2 is 1.56 bits per heavy atom. The van der Waals surface area contributed by atoms with Crippen molar-refractivity contribution in [3.05, 3.63) is 29.8 Å². The van der Waals surface area contributed by atoms with Gasteiger partial charge in [0.25, 0.3) is 0 Å². The van der Waals surface area contributed by atoms with Gasteiger partial charge in [-0.3, -0.25) is 0 Å². The lowest BCUT2D eigenvalue weighted by Gasteiger charge is -2.15. The molecular formula is C15H26ClNO. The average molecular weight is 272 g/mol. The Labute approximate surface area is 117 Å². The van der Waals surface area contributed by atoms with Gasteiger partial charge in [-0.1, -0.05) is 26.0 Å². The Hall–Kier alpha value is -0.730. The highest BCUT2D eigenvalue weighted by atomic mass is 35.5. The van der Waals surface area contributed by atoms with Crippen LogP contribution in [0, 0.1) is 5.92 Å². The normalized spacial score (nSPS) is 12.4.